The first-order valence-electron chi connectivity index (χ1n) is 10.5. The van der Waals surface area contributed by atoms with Gasteiger partial charge in [-0.15, -0.1) is 0 Å². The molecule has 3 fully saturated rings. The summed E-state index contributed by atoms with van der Waals surface area (Å²) in [5.74, 6) is 1.13. The molecule has 1 unspecified atom stereocenters. The molecule has 4 nitrogen and oxygen atoms in total. The molecule has 0 aromatic heterocycles. The number of rotatable bonds is 6. The van der Waals surface area contributed by atoms with Gasteiger partial charge in [0.15, 0.2) is 0 Å². The largest absolute Gasteiger partial charge is 0.354 e. The molecular weight excluding hydrogens is 336 g/mol. The van der Waals surface area contributed by atoms with Gasteiger partial charge in [0.1, 0.15) is 0 Å². The highest BCUT2D eigenvalue weighted by molar-refractivity contribution is 5.91. The second kappa shape index (κ2) is 6.22. The summed E-state index contributed by atoms with van der Waals surface area (Å²) >= 11 is 0. The van der Waals surface area contributed by atoms with Crippen molar-refractivity contribution in [2.75, 3.05) is 13.1 Å². The van der Waals surface area contributed by atoms with E-state index >= 15 is 0 Å². The summed E-state index contributed by atoms with van der Waals surface area (Å²) in [6.45, 7) is 1.55. The molecule has 1 aliphatic heterocycles. The molecule has 2 amide bonds. The Morgan fingerprint density at radius 1 is 1.11 bits per heavy atom. The fraction of sp³-hybridized carbons (Fsp3) is 0.565. The van der Waals surface area contributed by atoms with Crippen molar-refractivity contribution in [3.63, 3.8) is 0 Å². The average Bonchev–Trinajstić information content (AvgIpc) is 3.62. The summed E-state index contributed by atoms with van der Waals surface area (Å²) in [4.78, 5) is 27.7. The van der Waals surface area contributed by atoms with Crippen LogP contribution in [-0.2, 0) is 15.0 Å². The lowest BCUT2D eigenvalue weighted by molar-refractivity contribution is -0.133. The van der Waals surface area contributed by atoms with Gasteiger partial charge in [0.2, 0.25) is 11.8 Å². The van der Waals surface area contributed by atoms with Gasteiger partial charge >= 0.3 is 0 Å². The predicted octanol–water partition coefficient (Wildman–Crippen LogP) is 3.53. The minimum Gasteiger partial charge on any atom is -0.354 e. The second-order valence-corrected chi connectivity index (χ2v) is 8.99. The first-order chi connectivity index (χ1) is 13.1. The number of benzene rings is 1. The second-order valence-electron chi connectivity index (χ2n) is 8.99. The quantitative estimate of drug-likeness (QED) is 0.839. The maximum Gasteiger partial charge on any atom is 0.230 e. The van der Waals surface area contributed by atoms with Gasteiger partial charge in [-0.1, -0.05) is 36.4 Å². The van der Waals surface area contributed by atoms with Crippen LogP contribution in [0, 0.1) is 11.3 Å². The fourth-order valence-electron chi connectivity index (χ4n) is 5.07. The van der Waals surface area contributed by atoms with Gasteiger partial charge in [-0.3, -0.25) is 9.59 Å². The van der Waals surface area contributed by atoms with Gasteiger partial charge in [-0.25, -0.2) is 0 Å². The van der Waals surface area contributed by atoms with Gasteiger partial charge in [0, 0.05) is 30.6 Å². The Hall–Kier alpha value is -2.10. The number of piperidine rings is 1. The smallest absolute Gasteiger partial charge is 0.230 e. The van der Waals surface area contributed by atoms with Gasteiger partial charge in [-0.2, -0.15) is 0 Å². The van der Waals surface area contributed by atoms with Gasteiger partial charge < -0.3 is 10.2 Å². The van der Waals surface area contributed by atoms with E-state index in [-0.39, 0.29) is 22.6 Å². The molecular formula is C23H28N2O2. The molecule has 1 aromatic rings. The molecule has 1 N–H and O–H groups in total. The molecule has 0 spiro atoms. The van der Waals surface area contributed by atoms with Gasteiger partial charge in [0.05, 0.1) is 5.41 Å². The summed E-state index contributed by atoms with van der Waals surface area (Å²) in [6.07, 6.45) is 10.2. The van der Waals surface area contributed by atoms with E-state index in [0.717, 1.165) is 44.2 Å². The Labute approximate surface area is 161 Å². The lowest BCUT2D eigenvalue weighted by atomic mass is 9.76. The number of likely N-dealkylation sites (tertiary alicyclic amines) is 1. The Morgan fingerprint density at radius 3 is 2.59 bits per heavy atom. The molecule has 1 saturated heterocycles. The number of fused-ring (bicyclic) bond motifs is 1. The van der Waals surface area contributed by atoms with Crippen LogP contribution in [0.4, 0.5) is 0 Å². The molecule has 3 aliphatic carbocycles. The van der Waals surface area contributed by atoms with E-state index in [2.05, 4.69) is 28.4 Å². The van der Waals surface area contributed by atoms with Crippen molar-refractivity contribution in [2.45, 2.75) is 56.8 Å². The topological polar surface area (TPSA) is 49.4 Å². The van der Waals surface area contributed by atoms with E-state index in [9.17, 15) is 9.59 Å². The summed E-state index contributed by atoms with van der Waals surface area (Å²) in [6, 6.07) is 10.2. The van der Waals surface area contributed by atoms with Crippen molar-refractivity contribution in [3.05, 3.63) is 47.7 Å². The van der Waals surface area contributed by atoms with Crippen molar-refractivity contribution >= 4 is 11.8 Å². The molecule has 2 saturated carbocycles. The average molecular weight is 364 g/mol. The monoisotopic (exact) mass is 364 g/mol. The summed E-state index contributed by atoms with van der Waals surface area (Å²) < 4.78 is 0. The minimum atomic E-state index is -0.321. The zero-order chi connectivity index (χ0) is 18.5. The number of hydrogen-bond acceptors (Lipinski definition) is 2. The van der Waals surface area contributed by atoms with Crippen LogP contribution in [0.1, 0.15) is 56.9 Å². The zero-order valence-electron chi connectivity index (χ0n) is 15.9. The molecule has 4 aliphatic rings. The first-order valence-corrected chi connectivity index (χ1v) is 10.5. The molecule has 1 heterocycles. The Balaban J connectivity index is 1.31. The lowest BCUT2D eigenvalue weighted by Gasteiger charge is -2.43. The van der Waals surface area contributed by atoms with Gasteiger partial charge in [-0.05, 0) is 56.4 Å². The lowest BCUT2D eigenvalue weighted by Crippen LogP contribution is -2.49. The normalized spacial score (nSPS) is 28.5. The number of nitrogens with zero attached hydrogens (tertiary/aromatic N) is 1. The Kier molecular flexibility index (Phi) is 3.92. The Bertz CT molecular complexity index is 792. The highest BCUT2D eigenvalue weighted by Crippen LogP contribution is 2.51. The number of amides is 2. The van der Waals surface area contributed by atoms with E-state index in [4.69, 9.17) is 0 Å². The zero-order valence-corrected chi connectivity index (χ0v) is 15.9. The van der Waals surface area contributed by atoms with Crippen molar-refractivity contribution in [1.29, 1.82) is 0 Å². The SMILES string of the molecule is O=C1CCC2(CNC(=O)C3(c4ccccc4)CC3)CCC=C2N1CC1CC1. The minimum absolute atomic E-state index is 0.0365. The number of allylic oxidation sites excluding steroid dienone is 1. The van der Waals surface area contributed by atoms with Crippen LogP contribution in [-0.4, -0.2) is 29.8 Å². The van der Waals surface area contributed by atoms with Crippen LogP contribution in [0.15, 0.2) is 42.1 Å². The number of hydrogen-bond donors (Lipinski definition) is 1. The van der Waals surface area contributed by atoms with E-state index in [0.29, 0.717) is 18.9 Å². The van der Waals surface area contributed by atoms with Crippen molar-refractivity contribution in [1.82, 2.24) is 10.2 Å². The van der Waals surface area contributed by atoms with Crippen LogP contribution in [0.2, 0.25) is 0 Å². The van der Waals surface area contributed by atoms with Crippen LogP contribution in [0.25, 0.3) is 0 Å². The molecule has 1 aromatic carbocycles. The highest BCUT2D eigenvalue weighted by atomic mass is 16.2. The summed E-state index contributed by atoms with van der Waals surface area (Å²) in [5.41, 5.74) is 1.98. The van der Waals surface area contributed by atoms with E-state index in [1.807, 2.05) is 18.2 Å². The molecule has 1 atom stereocenters. The van der Waals surface area contributed by atoms with Crippen LogP contribution < -0.4 is 5.32 Å². The molecule has 142 valence electrons. The van der Waals surface area contributed by atoms with E-state index < -0.39 is 0 Å². The van der Waals surface area contributed by atoms with Crippen molar-refractivity contribution in [3.8, 4) is 0 Å². The number of carbonyl (C=O) groups excluding carboxylic acids is 2. The fourth-order valence-corrected chi connectivity index (χ4v) is 5.07. The van der Waals surface area contributed by atoms with Crippen LogP contribution in [0.3, 0.4) is 0 Å². The van der Waals surface area contributed by atoms with Crippen molar-refractivity contribution < 1.29 is 9.59 Å². The maximum absolute atomic E-state index is 13.1. The number of nitrogens with one attached hydrogen (secondary N) is 1. The Morgan fingerprint density at radius 2 is 1.89 bits per heavy atom. The maximum atomic E-state index is 13.1. The third-order valence-electron chi connectivity index (χ3n) is 7.15. The first kappa shape index (κ1) is 17.0. The molecule has 27 heavy (non-hydrogen) atoms. The third kappa shape index (κ3) is 2.90. The summed E-state index contributed by atoms with van der Waals surface area (Å²) in [5, 5.41) is 3.30. The van der Waals surface area contributed by atoms with E-state index in [1.165, 1.54) is 18.5 Å². The molecule has 0 radical (unpaired) electrons. The number of carbonyl (C=O) groups is 2. The molecule has 4 heteroatoms. The van der Waals surface area contributed by atoms with E-state index in [1.54, 1.807) is 0 Å². The van der Waals surface area contributed by atoms with Gasteiger partial charge in [0.25, 0.3) is 0 Å². The predicted molar refractivity (Wildman–Crippen MR) is 104 cm³/mol. The molecule has 5 rings (SSSR count). The third-order valence-corrected chi connectivity index (χ3v) is 7.15. The van der Waals surface area contributed by atoms with Crippen LogP contribution in [0.5, 0.6) is 0 Å². The molecule has 0 bridgehead atoms. The van der Waals surface area contributed by atoms with Crippen molar-refractivity contribution in [2.24, 2.45) is 11.3 Å². The highest BCUT2D eigenvalue weighted by Gasteiger charge is 2.52. The summed E-state index contributed by atoms with van der Waals surface area (Å²) in [7, 11) is 0. The standard InChI is InChI=1S/C23H28N2O2/c26-20-10-12-22(11-4-7-19(22)25(20)15-17-8-9-17)16-24-21(27)23(13-14-23)18-5-2-1-3-6-18/h1-3,5-7,17H,4,8-16H2,(H,24,27). The van der Waals surface area contributed by atoms with Crippen LogP contribution >= 0.6 is 0 Å².